The van der Waals surface area contributed by atoms with Gasteiger partial charge in [-0.25, -0.2) is 13.4 Å². The first-order chi connectivity index (χ1) is 17.9. The molecule has 37 heavy (non-hydrogen) atoms. The van der Waals surface area contributed by atoms with E-state index >= 15 is 0 Å². The number of aromatic nitrogens is 2. The number of rotatable bonds is 7. The zero-order valence-electron chi connectivity index (χ0n) is 21.4. The molecule has 2 heterocycles. The predicted octanol–water partition coefficient (Wildman–Crippen LogP) is 2.96. The number of nitrogens with zero attached hydrogens (tertiary/aromatic N) is 4. The predicted molar refractivity (Wildman–Crippen MR) is 141 cm³/mol. The van der Waals surface area contributed by atoms with Crippen LogP contribution in [-0.4, -0.2) is 65.9 Å². The second-order valence-corrected chi connectivity index (χ2v) is 11.0. The lowest BCUT2D eigenvalue weighted by molar-refractivity contribution is -0.122. The lowest BCUT2D eigenvalue weighted by Gasteiger charge is -2.30. The minimum absolute atomic E-state index is 0.0197. The van der Waals surface area contributed by atoms with Crippen molar-refractivity contribution < 1.29 is 17.9 Å². The number of carbonyl (C=O) groups excluding carboxylic acids is 1. The molecule has 1 aromatic heterocycles. The lowest BCUT2D eigenvalue weighted by atomic mass is 10.0. The minimum Gasteiger partial charge on any atom is -0.494 e. The molecule has 1 atom stereocenters. The van der Waals surface area contributed by atoms with Crippen molar-refractivity contribution in [3.05, 3.63) is 78.2 Å². The molecule has 0 saturated carbocycles. The van der Waals surface area contributed by atoms with Crippen LogP contribution < -0.4 is 10.1 Å². The molecule has 0 spiro atoms. The van der Waals surface area contributed by atoms with Crippen molar-refractivity contribution in [3.63, 3.8) is 0 Å². The Morgan fingerprint density at radius 2 is 1.81 bits per heavy atom. The number of hydrogen-bond acceptors (Lipinski definition) is 6. The van der Waals surface area contributed by atoms with Crippen molar-refractivity contribution in [1.29, 1.82) is 0 Å². The summed E-state index contributed by atoms with van der Waals surface area (Å²) < 4.78 is 36.5. The molecule has 1 unspecified atom stereocenters. The summed E-state index contributed by atoms with van der Waals surface area (Å²) in [7, 11) is -2.21. The molecular weight excluding hydrogens is 490 g/mol. The molecule has 1 aliphatic rings. The molecule has 0 aliphatic carbocycles. The van der Waals surface area contributed by atoms with E-state index in [0.717, 1.165) is 16.9 Å². The van der Waals surface area contributed by atoms with Crippen LogP contribution in [0.25, 0.3) is 0 Å². The quantitative estimate of drug-likeness (QED) is 0.510. The second-order valence-electron chi connectivity index (χ2n) is 9.14. The van der Waals surface area contributed by atoms with Gasteiger partial charge in [0.25, 0.3) is 10.0 Å². The number of nitrogens with one attached hydrogen (secondary N) is 1. The van der Waals surface area contributed by atoms with Gasteiger partial charge in [-0.1, -0.05) is 48.5 Å². The molecule has 4 rings (SSSR count). The third-order valence-electron chi connectivity index (χ3n) is 6.43. The SMILES string of the molecule is CCOc1ccccc1CN1CCCN(S(=O)(=O)c2cn(C)cn2)C(c2ccccc2)CC(=O)NCC1. The first kappa shape index (κ1) is 26.8. The van der Waals surface area contributed by atoms with E-state index in [1.807, 2.05) is 61.5 Å². The number of aryl methyl sites for hydroxylation is 1. The van der Waals surface area contributed by atoms with Gasteiger partial charge < -0.3 is 14.6 Å². The topological polar surface area (TPSA) is 96.8 Å². The zero-order valence-corrected chi connectivity index (χ0v) is 22.2. The minimum atomic E-state index is -3.95. The summed E-state index contributed by atoms with van der Waals surface area (Å²) in [5, 5.41) is 2.98. The van der Waals surface area contributed by atoms with Crippen LogP contribution in [0, 0.1) is 0 Å². The lowest BCUT2D eigenvalue weighted by Crippen LogP contribution is -2.39. The van der Waals surface area contributed by atoms with E-state index in [9.17, 15) is 13.2 Å². The number of benzene rings is 2. The molecule has 0 bridgehead atoms. The van der Waals surface area contributed by atoms with Crippen LogP contribution in [-0.2, 0) is 28.4 Å². The van der Waals surface area contributed by atoms with Crippen LogP contribution in [0.3, 0.4) is 0 Å². The van der Waals surface area contributed by atoms with Gasteiger partial charge in [0.15, 0.2) is 5.03 Å². The molecule has 1 aliphatic heterocycles. The van der Waals surface area contributed by atoms with E-state index in [1.165, 1.54) is 16.8 Å². The fourth-order valence-electron chi connectivity index (χ4n) is 4.64. The average Bonchev–Trinajstić information content (AvgIpc) is 3.33. The fourth-order valence-corrected chi connectivity index (χ4v) is 6.26. The van der Waals surface area contributed by atoms with E-state index in [0.29, 0.717) is 39.2 Å². The normalized spacial score (nSPS) is 18.6. The van der Waals surface area contributed by atoms with Gasteiger partial charge in [-0.3, -0.25) is 9.69 Å². The van der Waals surface area contributed by atoms with Gasteiger partial charge in [-0.15, -0.1) is 0 Å². The Balaban J connectivity index is 1.63. The number of hydrogen-bond donors (Lipinski definition) is 1. The van der Waals surface area contributed by atoms with Crippen LogP contribution in [0.15, 0.2) is 72.1 Å². The van der Waals surface area contributed by atoms with E-state index in [2.05, 4.69) is 15.2 Å². The summed E-state index contributed by atoms with van der Waals surface area (Å²) in [6.45, 7) is 5.22. The highest BCUT2D eigenvalue weighted by atomic mass is 32.2. The molecule has 1 fully saturated rings. The fraction of sp³-hybridized carbons (Fsp3) is 0.407. The monoisotopic (exact) mass is 525 g/mol. The highest BCUT2D eigenvalue weighted by Gasteiger charge is 2.35. The Hall–Kier alpha value is -3.21. The number of carbonyl (C=O) groups is 1. The number of para-hydroxylation sites is 1. The molecule has 2 aromatic carbocycles. The molecular formula is C27H35N5O4S. The Kier molecular flexibility index (Phi) is 8.96. The van der Waals surface area contributed by atoms with Gasteiger partial charge in [-0.05, 0) is 31.5 Å². The average molecular weight is 526 g/mol. The first-order valence-electron chi connectivity index (χ1n) is 12.6. The Morgan fingerprint density at radius 1 is 1.05 bits per heavy atom. The third kappa shape index (κ3) is 6.76. The maximum absolute atomic E-state index is 13.8. The van der Waals surface area contributed by atoms with Gasteiger partial charge >= 0.3 is 0 Å². The van der Waals surface area contributed by atoms with Crippen molar-refractivity contribution in [3.8, 4) is 5.75 Å². The van der Waals surface area contributed by atoms with Gasteiger partial charge in [0.2, 0.25) is 5.91 Å². The number of imidazole rings is 1. The van der Waals surface area contributed by atoms with Crippen LogP contribution >= 0.6 is 0 Å². The molecule has 10 heteroatoms. The Bertz CT molecular complexity index is 1280. The highest BCUT2D eigenvalue weighted by Crippen LogP contribution is 2.31. The molecule has 1 N–H and O–H groups in total. The molecule has 0 radical (unpaired) electrons. The van der Waals surface area contributed by atoms with Crippen molar-refractivity contribution >= 4 is 15.9 Å². The van der Waals surface area contributed by atoms with Gasteiger partial charge in [0.05, 0.1) is 19.0 Å². The zero-order chi connectivity index (χ0) is 26.3. The summed E-state index contributed by atoms with van der Waals surface area (Å²) in [6, 6.07) is 16.6. The highest BCUT2D eigenvalue weighted by molar-refractivity contribution is 7.89. The van der Waals surface area contributed by atoms with Crippen LogP contribution in [0.5, 0.6) is 5.75 Å². The first-order valence-corrected chi connectivity index (χ1v) is 14.1. The summed E-state index contributed by atoms with van der Waals surface area (Å²) in [6.07, 6.45) is 3.60. The summed E-state index contributed by atoms with van der Waals surface area (Å²) in [5.41, 5.74) is 1.84. The Morgan fingerprint density at radius 3 is 2.54 bits per heavy atom. The van der Waals surface area contributed by atoms with Crippen molar-refractivity contribution in [2.24, 2.45) is 7.05 Å². The van der Waals surface area contributed by atoms with E-state index in [1.54, 1.807) is 11.6 Å². The van der Waals surface area contributed by atoms with Crippen LogP contribution in [0.4, 0.5) is 0 Å². The van der Waals surface area contributed by atoms with Crippen molar-refractivity contribution in [1.82, 2.24) is 24.1 Å². The molecule has 9 nitrogen and oxygen atoms in total. The Labute approximate surface area is 219 Å². The van der Waals surface area contributed by atoms with Crippen molar-refractivity contribution in [2.45, 2.75) is 37.4 Å². The molecule has 3 aromatic rings. The maximum atomic E-state index is 13.8. The van der Waals surface area contributed by atoms with E-state index < -0.39 is 16.1 Å². The maximum Gasteiger partial charge on any atom is 0.262 e. The smallest absolute Gasteiger partial charge is 0.262 e. The largest absolute Gasteiger partial charge is 0.494 e. The molecule has 1 amide bonds. The van der Waals surface area contributed by atoms with Gasteiger partial charge in [0, 0.05) is 51.4 Å². The molecule has 198 valence electrons. The van der Waals surface area contributed by atoms with Crippen LogP contribution in [0.2, 0.25) is 0 Å². The van der Waals surface area contributed by atoms with E-state index in [4.69, 9.17) is 4.74 Å². The summed E-state index contributed by atoms with van der Waals surface area (Å²) >= 11 is 0. The van der Waals surface area contributed by atoms with E-state index in [-0.39, 0.29) is 23.9 Å². The van der Waals surface area contributed by atoms with Crippen LogP contribution in [0.1, 0.15) is 36.9 Å². The number of ether oxygens (including phenoxy) is 1. The van der Waals surface area contributed by atoms with Crippen molar-refractivity contribution in [2.75, 3.05) is 32.8 Å². The summed E-state index contributed by atoms with van der Waals surface area (Å²) in [4.78, 5) is 19.4. The summed E-state index contributed by atoms with van der Waals surface area (Å²) in [5.74, 6) is 0.651. The van der Waals surface area contributed by atoms with Gasteiger partial charge in [0.1, 0.15) is 5.75 Å². The standard InChI is InChI=1S/C27H35N5O4S/c1-3-36-25-13-8-7-12-23(25)19-31-15-9-16-32(37(34,35)27-20-30(2)21-29-27)24(18-26(33)28-14-17-31)22-10-5-4-6-11-22/h4-8,10-13,20-21,24H,3,9,14-19H2,1-2H3,(H,28,33). The second kappa shape index (κ2) is 12.4. The number of sulfonamides is 1. The molecule has 1 saturated heterocycles. The number of amides is 1. The van der Waals surface area contributed by atoms with Gasteiger partial charge in [-0.2, -0.15) is 4.31 Å². The third-order valence-corrected chi connectivity index (χ3v) is 8.23.